The average molecular weight is 419 g/mol. The van der Waals surface area contributed by atoms with Gasteiger partial charge in [-0.3, -0.25) is 9.59 Å². The quantitative estimate of drug-likeness (QED) is 0.779. The van der Waals surface area contributed by atoms with E-state index in [9.17, 15) is 9.59 Å². The normalized spacial score (nSPS) is 22.7. The largest absolute Gasteiger partial charge is 0.343 e. The average Bonchev–Trinajstić information content (AvgIpc) is 3.07. The van der Waals surface area contributed by atoms with E-state index in [2.05, 4.69) is 19.2 Å². The molecule has 0 bridgehead atoms. The Balaban J connectivity index is 1.57. The molecule has 0 unspecified atom stereocenters. The first-order valence-corrected chi connectivity index (χ1v) is 11.3. The van der Waals surface area contributed by atoms with Gasteiger partial charge in [-0.15, -0.1) is 0 Å². The number of hydrogen-bond donors (Lipinski definition) is 1. The van der Waals surface area contributed by atoms with Crippen molar-refractivity contribution in [2.24, 2.45) is 22.7 Å². The number of benzene rings is 2. The minimum Gasteiger partial charge on any atom is -0.343 e. The van der Waals surface area contributed by atoms with Crippen molar-refractivity contribution >= 4 is 11.8 Å². The van der Waals surface area contributed by atoms with E-state index in [-0.39, 0.29) is 17.2 Å². The zero-order chi connectivity index (χ0) is 22.4. The number of piperidine rings is 1. The summed E-state index contributed by atoms with van der Waals surface area (Å²) in [6, 6.07) is 19.0. The SMILES string of the molecule is CC(C)(C)[C@H](NC(=O)C(c1ccccc1)c1ccccc1)C(=O)N1C[C@@H]2[C@H](C1)C2(C)C. The molecular formula is C27H34N2O2. The molecule has 1 N–H and O–H groups in total. The van der Waals surface area contributed by atoms with Crippen molar-refractivity contribution in [1.82, 2.24) is 10.2 Å². The van der Waals surface area contributed by atoms with Crippen LogP contribution in [0.15, 0.2) is 60.7 Å². The first-order chi connectivity index (χ1) is 14.6. The monoisotopic (exact) mass is 418 g/mol. The highest BCUT2D eigenvalue weighted by atomic mass is 16.2. The molecule has 2 fully saturated rings. The molecule has 1 aliphatic heterocycles. The van der Waals surface area contributed by atoms with Crippen molar-refractivity contribution in [2.75, 3.05) is 13.1 Å². The lowest BCUT2D eigenvalue weighted by Gasteiger charge is -2.35. The minimum atomic E-state index is -0.560. The van der Waals surface area contributed by atoms with Crippen molar-refractivity contribution in [3.05, 3.63) is 71.8 Å². The Kier molecular flexibility index (Phi) is 5.45. The van der Waals surface area contributed by atoms with E-state index >= 15 is 0 Å². The predicted octanol–water partition coefficient (Wildman–Crippen LogP) is 4.46. The smallest absolute Gasteiger partial charge is 0.245 e. The molecule has 4 rings (SSSR count). The summed E-state index contributed by atoms with van der Waals surface area (Å²) in [5, 5.41) is 3.15. The van der Waals surface area contributed by atoms with Crippen LogP contribution in [0.25, 0.3) is 0 Å². The Hall–Kier alpha value is -2.62. The van der Waals surface area contributed by atoms with Gasteiger partial charge in [0, 0.05) is 13.1 Å². The first kappa shape index (κ1) is 21.6. The van der Waals surface area contributed by atoms with Gasteiger partial charge in [0.15, 0.2) is 0 Å². The Bertz CT molecular complexity index is 893. The third-order valence-corrected chi connectivity index (χ3v) is 7.36. The van der Waals surface area contributed by atoms with Gasteiger partial charge < -0.3 is 10.2 Å². The number of hydrogen-bond acceptors (Lipinski definition) is 2. The van der Waals surface area contributed by atoms with E-state index in [1.165, 1.54) is 0 Å². The van der Waals surface area contributed by atoms with Crippen LogP contribution in [0, 0.1) is 22.7 Å². The maximum Gasteiger partial charge on any atom is 0.245 e. The molecule has 2 amide bonds. The lowest BCUT2D eigenvalue weighted by molar-refractivity contribution is -0.139. The van der Waals surface area contributed by atoms with E-state index in [0.29, 0.717) is 17.3 Å². The Morgan fingerprint density at radius 3 is 1.77 bits per heavy atom. The van der Waals surface area contributed by atoms with Gasteiger partial charge in [-0.1, -0.05) is 95.3 Å². The number of nitrogens with zero attached hydrogens (tertiary/aromatic N) is 1. The molecule has 3 atom stereocenters. The number of amides is 2. The maximum absolute atomic E-state index is 13.6. The fraction of sp³-hybridized carbons (Fsp3) is 0.481. The molecule has 1 saturated carbocycles. The zero-order valence-corrected chi connectivity index (χ0v) is 19.3. The second kappa shape index (κ2) is 7.81. The number of likely N-dealkylation sites (tertiary alicyclic amines) is 1. The van der Waals surface area contributed by atoms with Crippen LogP contribution in [-0.4, -0.2) is 35.8 Å². The van der Waals surface area contributed by atoms with Crippen molar-refractivity contribution in [3.8, 4) is 0 Å². The van der Waals surface area contributed by atoms with Crippen LogP contribution in [-0.2, 0) is 9.59 Å². The Morgan fingerprint density at radius 1 is 0.903 bits per heavy atom. The molecule has 2 aromatic carbocycles. The molecule has 1 aliphatic carbocycles. The summed E-state index contributed by atoms with van der Waals surface area (Å²) in [4.78, 5) is 29.1. The number of rotatable bonds is 5. The van der Waals surface area contributed by atoms with Crippen LogP contribution in [0.5, 0.6) is 0 Å². The highest BCUT2D eigenvalue weighted by Crippen LogP contribution is 2.62. The summed E-state index contributed by atoms with van der Waals surface area (Å²) in [6.45, 7) is 12.3. The highest BCUT2D eigenvalue weighted by molar-refractivity contribution is 5.93. The van der Waals surface area contributed by atoms with Gasteiger partial charge in [-0.05, 0) is 33.8 Å². The van der Waals surface area contributed by atoms with Crippen LogP contribution in [0.3, 0.4) is 0 Å². The molecule has 1 heterocycles. The number of carbonyl (C=O) groups is 2. The summed E-state index contributed by atoms with van der Waals surface area (Å²) in [7, 11) is 0. The number of carbonyl (C=O) groups excluding carboxylic acids is 2. The Labute approximate surface area is 186 Å². The van der Waals surface area contributed by atoms with Crippen molar-refractivity contribution in [1.29, 1.82) is 0 Å². The van der Waals surface area contributed by atoms with Crippen molar-refractivity contribution < 1.29 is 9.59 Å². The van der Waals surface area contributed by atoms with E-state index < -0.39 is 12.0 Å². The van der Waals surface area contributed by atoms with Gasteiger partial charge in [0.2, 0.25) is 11.8 Å². The fourth-order valence-electron chi connectivity index (χ4n) is 5.15. The standard InChI is InChI=1S/C27H34N2O2/c1-26(2,3)23(25(31)29-16-20-21(17-29)27(20,4)5)28-24(30)22(18-12-8-6-9-13-18)19-14-10-7-11-15-19/h6-15,20-23H,16-17H2,1-5H3,(H,28,30)/t20-,21+,23-/m1/s1. The van der Waals surface area contributed by atoms with Crippen molar-refractivity contribution in [2.45, 2.75) is 46.6 Å². The highest BCUT2D eigenvalue weighted by Gasteiger charge is 2.63. The van der Waals surface area contributed by atoms with Crippen LogP contribution in [0.1, 0.15) is 51.7 Å². The first-order valence-electron chi connectivity index (χ1n) is 11.3. The summed E-state index contributed by atoms with van der Waals surface area (Å²) >= 11 is 0. The lowest BCUT2D eigenvalue weighted by atomic mass is 9.84. The molecule has 4 heteroatoms. The summed E-state index contributed by atoms with van der Waals surface area (Å²) in [6.07, 6.45) is 0. The molecule has 4 nitrogen and oxygen atoms in total. The molecule has 164 valence electrons. The van der Waals surface area contributed by atoms with Gasteiger partial charge in [-0.25, -0.2) is 0 Å². The molecule has 2 aliphatic rings. The molecule has 0 spiro atoms. The predicted molar refractivity (Wildman–Crippen MR) is 123 cm³/mol. The van der Waals surface area contributed by atoms with Gasteiger partial charge in [0.05, 0.1) is 5.92 Å². The summed E-state index contributed by atoms with van der Waals surface area (Å²) in [5.41, 5.74) is 1.82. The minimum absolute atomic E-state index is 0.0451. The zero-order valence-electron chi connectivity index (χ0n) is 19.3. The number of nitrogens with one attached hydrogen (secondary N) is 1. The van der Waals surface area contributed by atoms with Crippen molar-refractivity contribution in [3.63, 3.8) is 0 Å². The molecule has 2 aromatic rings. The third-order valence-electron chi connectivity index (χ3n) is 7.36. The van der Waals surface area contributed by atoms with Gasteiger partial charge in [0.1, 0.15) is 6.04 Å². The summed E-state index contributed by atoms with van der Waals surface area (Å²) in [5.74, 6) is 0.647. The molecular weight excluding hydrogens is 384 g/mol. The van der Waals surface area contributed by atoms with Gasteiger partial charge in [-0.2, -0.15) is 0 Å². The number of fused-ring (bicyclic) bond motifs is 1. The lowest BCUT2D eigenvalue weighted by Crippen LogP contribution is -2.55. The molecule has 31 heavy (non-hydrogen) atoms. The summed E-state index contributed by atoms with van der Waals surface area (Å²) < 4.78 is 0. The molecule has 0 aromatic heterocycles. The van der Waals surface area contributed by atoms with Crippen LogP contribution < -0.4 is 5.32 Å². The second-order valence-corrected chi connectivity index (χ2v) is 10.8. The van der Waals surface area contributed by atoms with E-state index in [4.69, 9.17) is 0 Å². The van der Waals surface area contributed by atoms with Gasteiger partial charge >= 0.3 is 0 Å². The third kappa shape index (κ3) is 4.13. The maximum atomic E-state index is 13.6. The fourth-order valence-corrected chi connectivity index (χ4v) is 5.15. The van der Waals surface area contributed by atoms with Gasteiger partial charge in [0.25, 0.3) is 0 Å². The molecule has 0 radical (unpaired) electrons. The molecule has 1 saturated heterocycles. The van der Waals surface area contributed by atoms with E-state index in [1.54, 1.807) is 0 Å². The Morgan fingerprint density at radius 2 is 1.35 bits per heavy atom. The van der Waals surface area contributed by atoms with E-state index in [1.807, 2.05) is 86.3 Å². The van der Waals surface area contributed by atoms with Crippen LogP contribution in [0.2, 0.25) is 0 Å². The second-order valence-electron chi connectivity index (χ2n) is 10.8. The van der Waals surface area contributed by atoms with Crippen LogP contribution in [0.4, 0.5) is 0 Å². The topological polar surface area (TPSA) is 49.4 Å². The van der Waals surface area contributed by atoms with Crippen LogP contribution >= 0.6 is 0 Å². The van der Waals surface area contributed by atoms with E-state index in [0.717, 1.165) is 24.2 Å².